The maximum Gasteiger partial charge on any atom is 0.294 e. The van der Waals surface area contributed by atoms with E-state index in [0.29, 0.717) is 41.1 Å². The van der Waals surface area contributed by atoms with Crippen LogP contribution < -0.4 is 20.7 Å². The fraction of sp³-hybridized carbons (Fsp3) is 0.524. The number of ether oxygens (including phenoxy) is 1. The van der Waals surface area contributed by atoms with Crippen molar-refractivity contribution in [3.05, 3.63) is 34.1 Å². The molecule has 0 bridgehead atoms. The number of hydrogen-bond donors (Lipinski definition) is 2. The number of hydrogen-bond acceptors (Lipinski definition) is 9. The maximum absolute atomic E-state index is 11.8. The van der Waals surface area contributed by atoms with Gasteiger partial charge in [-0.25, -0.2) is 9.97 Å². The molecule has 10 nitrogen and oxygen atoms in total. The van der Waals surface area contributed by atoms with Gasteiger partial charge in [0.05, 0.1) is 17.7 Å². The zero-order valence-electron chi connectivity index (χ0n) is 19.0. The Balaban J connectivity index is 2.36. The Morgan fingerprint density at radius 1 is 1.16 bits per heavy atom. The maximum atomic E-state index is 11.8. The third kappa shape index (κ3) is 6.95. The van der Waals surface area contributed by atoms with Gasteiger partial charge in [-0.15, -0.1) is 0 Å². The second-order valence-electron chi connectivity index (χ2n) is 7.70. The van der Waals surface area contributed by atoms with Crippen LogP contribution in [0.25, 0.3) is 0 Å². The van der Waals surface area contributed by atoms with Gasteiger partial charge >= 0.3 is 0 Å². The lowest BCUT2D eigenvalue weighted by molar-refractivity contribution is -0.384. The van der Waals surface area contributed by atoms with Gasteiger partial charge in [0.15, 0.2) is 0 Å². The number of methoxy groups -OCH3 is 1. The molecule has 0 atom stereocenters. The quantitative estimate of drug-likeness (QED) is 0.295. The van der Waals surface area contributed by atoms with Crippen molar-refractivity contribution in [1.82, 2.24) is 14.9 Å². The molecule has 1 aromatic heterocycles. The minimum atomic E-state index is -0.392. The summed E-state index contributed by atoms with van der Waals surface area (Å²) in [6.45, 7) is 3.53. The number of aryl methyl sites for hydroxylation is 1. The van der Waals surface area contributed by atoms with Gasteiger partial charge in [-0.05, 0) is 20.5 Å². The molecule has 0 aliphatic rings. The average Bonchev–Trinajstić information content (AvgIpc) is 2.71. The van der Waals surface area contributed by atoms with E-state index in [4.69, 9.17) is 10.5 Å². The molecule has 2 aromatic rings. The lowest BCUT2D eigenvalue weighted by Crippen LogP contribution is -2.28. The number of nitro benzene ring substituents is 1. The van der Waals surface area contributed by atoms with Crippen molar-refractivity contribution in [3.63, 3.8) is 0 Å². The summed E-state index contributed by atoms with van der Waals surface area (Å²) < 4.78 is 5.51. The minimum absolute atomic E-state index is 0.0187. The number of aromatic nitrogens is 2. The fourth-order valence-electron chi connectivity index (χ4n) is 3.11. The summed E-state index contributed by atoms with van der Waals surface area (Å²) in [6.07, 6.45) is 3.88. The second-order valence-corrected chi connectivity index (χ2v) is 7.70. The molecule has 0 saturated heterocycles. The van der Waals surface area contributed by atoms with E-state index in [-0.39, 0.29) is 5.69 Å². The van der Waals surface area contributed by atoms with E-state index >= 15 is 0 Å². The summed E-state index contributed by atoms with van der Waals surface area (Å²) in [5.74, 6) is 1.93. The molecule has 3 N–H and O–H groups in total. The number of nitrogens with two attached hydrogens (primary N) is 1. The predicted molar refractivity (Wildman–Crippen MR) is 124 cm³/mol. The van der Waals surface area contributed by atoms with Gasteiger partial charge in [-0.2, -0.15) is 0 Å². The first kappa shape index (κ1) is 24.1. The highest BCUT2D eigenvalue weighted by molar-refractivity contribution is 5.77. The lowest BCUT2D eigenvalue weighted by Gasteiger charge is -2.23. The average molecular weight is 432 g/mol. The number of likely N-dealkylation sites (N-methyl/N-ethyl adjacent to an activating group) is 2. The van der Waals surface area contributed by atoms with Crippen LogP contribution in [0.5, 0.6) is 5.75 Å². The molecule has 0 fully saturated rings. The molecule has 0 saturated carbocycles. The van der Waals surface area contributed by atoms with Crippen molar-refractivity contribution in [2.24, 2.45) is 0 Å². The summed E-state index contributed by atoms with van der Waals surface area (Å²) in [4.78, 5) is 24.1. The van der Waals surface area contributed by atoms with Crippen LogP contribution in [0.1, 0.15) is 32.0 Å². The Morgan fingerprint density at radius 3 is 2.52 bits per heavy atom. The Hall–Kier alpha value is -3.14. The van der Waals surface area contributed by atoms with Gasteiger partial charge in [0.1, 0.15) is 28.9 Å². The molecule has 0 aliphatic heterocycles. The highest BCUT2D eigenvalue weighted by Gasteiger charge is 2.22. The molecule has 31 heavy (non-hydrogen) atoms. The normalized spacial score (nSPS) is 10.9. The number of nitrogens with one attached hydrogen (secondary N) is 1. The van der Waals surface area contributed by atoms with Crippen molar-refractivity contribution in [2.45, 2.75) is 32.6 Å². The molecular weight excluding hydrogens is 398 g/mol. The number of anilines is 4. The van der Waals surface area contributed by atoms with Crippen LogP contribution in [0.2, 0.25) is 0 Å². The van der Waals surface area contributed by atoms with Crippen LogP contribution in [0, 0.1) is 10.1 Å². The summed E-state index contributed by atoms with van der Waals surface area (Å²) in [5, 5.41) is 14.9. The van der Waals surface area contributed by atoms with Crippen LogP contribution >= 0.6 is 0 Å². The monoisotopic (exact) mass is 431 g/mol. The zero-order valence-corrected chi connectivity index (χ0v) is 19.0. The first-order valence-corrected chi connectivity index (χ1v) is 10.4. The van der Waals surface area contributed by atoms with E-state index < -0.39 is 4.92 Å². The van der Waals surface area contributed by atoms with Gasteiger partial charge in [0.25, 0.3) is 5.69 Å². The van der Waals surface area contributed by atoms with Gasteiger partial charge in [0.2, 0.25) is 0 Å². The van der Waals surface area contributed by atoms with Crippen molar-refractivity contribution >= 4 is 28.7 Å². The highest BCUT2D eigenvalue weighted by Crippen LogP contribution is 2.39. The lowest BCUT2D eigenvalue weighted by atomic mass is 10.2. The van der Waals surface area contributed by atoms with E-state index in [9.17, 15) is 10.1 Å². The van der Waals surface area contributed by atoms with Crippen LogP contribution in [-0.4, -0.2) is 61.1 Å². The minimum Gasteiger partial charge on any atom is -0.494 e. The molecule has 170 valence electrons. The Kier molecular flexibility index (Phi) is 8.80. The van der Waals surface area contributed by atoms with Crippen LogP contribution in [-0.2, 0) is 6.42 Å². The number of nitrogen functional groups attached to an aromatic ring is 1. The van der Waals surface area contributed by atoms with Gasteiger partial charge in [0, 0.05) is 44.8 Å². The van der Waals surface area contributed by atoms with Gasteiger partial charge in [-0.1, -0.05) is 19.8 Å². The third-order valence-corrected chi connectivity index (χ3v) is 4.85. The van der Waals surface area contributed by atoms with Gasteiger partial charge in [-0.3, -0.25) is 10.1 Å². The summed E-state index contributed by atoms with van der Waals surface area (Å²) in [7, 11) is 7.27. The third-order valence-electron chi connectivity index (χ3n) is 4.85. The molecule has 1 aromatic carbocycles. The zero-order chi connectivity index (χ0) is 23.0. The summed E-state index contributed by atoms with van der Waals surface area (Å²) in [5.41, 5.74) is 6.85. The van der Waals surface area contributed by atoms with Gasteiger partial charge < -0.3 is 25.6 Å². The van der Waals surface area contributed by atoms with Crippen LogP contribution in [0.15, 0.2) is 18.2 Å². The topological polar surface area (TPSA) is 123 Å². The van der Waals surface area contributed by atoms with E-state index in [1.165, 1.54) is 13.2 Å². The van der Waals surface area contributed by atoms with Crippen molar-refractivity contribution in [1.29, 1.82) is 0 Å². The largest absolute Gasteiger partial charge is 0.494 e. The predicted octanol–water partition coefficient (Wildman–Crippen LogP) is 3.45. The molecular formula is C21H33N7O3. The van der Waals surface area contributed by atoms with E-state index in [1.807, 2.05) is 30.9 Å². The standard InChI is InChI=1S/C21H33N7O3/c1-6-7-8-9-20-24-19(22)14-21(25-20)23-15-12-17(28(29)30)16(13-18(15)31-5)27(4)11-10-26(2)3/h12-14H,6-11H2,1-5H3,(H3,22,23,24,25). The Labute approximate surface area is 183 Å². The molecule has 10 heteroatoms. The first-order chi connectivity index (χ1) is 14.7. The second kappa shape index (κ2) is 11.3. The van der Waals surface area contributed by atoms with E-state index in [0.717, 1.165) is 32.2 Å². The number of nitrogens with zero attached hydrogens (tertiary/aromatic N) is 5. The first-order valence-electron chi connectivity index (χ1n) is 10.4. The molecule has 0 aliphatic carbocycles. The van der Waals surface area contributed by atoms with Crippen molar-refractivity contribution in [3.8, 4) is 5.75 Å². The van der Waals surface area contributed by atoms with Crippen molar-refractivity contribution < 1.29 is 9.66 Å². The molecule has 1 heterocycles. The SMILES string of the molecule is CCCCCc1nc(N)cc(Nc2cc([N+](=O)[O-])c(N(C)CCN(C)C)cc2OC)n1. The molecule has 0 unspecified atom stereocenters. The summed E-state index contributed by atoms with van der Waals surface area (Å²) >= 11 is 0. The van der Waals surface area contributed by atoms with Crippen LogP contribution in [0.3, 0.4) is 0 Å². The van der Waals surface area contributed by atoms with Crippen LogP contribution in [0.4, 0.5) is 28.7 Å². The highest BCUT2D eigenvalue weighted by atomic mass is 16.6. The fourth-order valence-corrected chi connectivity index (χ4v) is 3.11. The number of rotatable bonds is 12. The molecule has 0 spiro atoms. The van der Waals surface area contributed by atoms with E-state index in [1.54, 1.807) is 12.1 Å². The molecule has 0 radical (unpaired) electrons. The number of nitro groups is 1. The van der Waals surface area contributed by atoms with Crippen molar-refractivity contribution in [2.75, 3.05) is 57.3 Å². The Bertz CT molecular complexity index is 890. The summed E-state index contributed by atoms with van der Waals surface area (Å²) in [6, 6.07) is 4.74. The molecule has 2 rings (SSSR count). The Morgan fingerprint density at radius 2 is 1.90 bits per heavy atom. The smallest absolute Gasteiger partial charge is 0.294 e. The van der Waals surface area contributed by atoms with E-state index in [2.05, 4.69) is 22.2 Å². The number of unbranched alkanes of at least 4 members (excludes halogenated alkanes) is 2. The number of benzene rings is 1. The molecule has 0 amide bonds.